The van der Waals surface area contributed by atoms with Crippen LogP contribution in [0.2, 0.25) is 0 Å². The second-order valence-electron chi connectivity index (χ2n) is 6.87. The lowest BCUT2D eigenvalue weighted by Gasteiger charge is -2.33. The van der Waals surface area contributed by atoms with Gasteiger partial charge in [0.2, 0.25) is 0 Å². The summed E-state index contributed by atoms with van der Waals surface area (Å²) in [7, 11) is 3.87. The Bertz CT molecular complexity index is 881. The van der Waals surface area contributed by atoms with Crippen molar-refractivity contribution >= 4 is 10.9 Å². The first-order valence-corrected chi connectivity index (χ1v) is 8.33. The van der Waals surface area contributed by atoms with E-state index in [4.69, 9.17) is 0 Å². The van der Waals surface area contributed by atoms with Gasteiger partial charge in [-0.05, 0) is 50.2 Å². The molecule has 6 heteroatoms. The molecule has 1 fully saturated rings. The second kappa shape index (κ2) is 5.70. The zero-order chi connectivity index (χ0) is 16.8. The molecule has 1 aliphatic heterocycles. The molecule has 0 bridgehead atoms. The first-order valence-electron chi connectivity index (χ1n) is 8.33. The molecule has 3 heterocycles. The largest absolute Gasteiger partial charge is 0.303 e. The van der Waals surface area contributed by atoms with Crippen molar-refractivity contribution in [3.63, 3.8) is 0 Å². The maximum Gasteiger partial charge on any atom is 0.120 e. The summed E-state index contributed by atoms with van der Waals surface area (Å²) in [4.78, 5) is 2.06. The number of halogens is 1. The van der Waals surface area contributed by atoms with Gasteiger partial charge in [0.15, 0.2) is 0 Å². The van der Waals surface area contributed by atoms with Crippen LogP contribution in [0, 0.1) is 6.92 Å². The van der Waals surface area contributed by atoms with Gasteiger partial charge in [0.25, 0.3) is 0 Å². The molecule has 0 aliphatic carbocycles. The van der Waals surface area contributed by atoms with Crippen molar-refractivity contribution in [2.45, 2.75) is 25.4 Å². The summed E-state index contributed by atoms with van der Waals surface area (Å²) in [6, 6.07) is 4.24. The zero-order valence-corrected chi connectivity index (χ0v) is 14.3. The number of rotatable bonds is 2. The SMILES string of the molecule is Cc1cc2cnn(-c3cnn(C)c3)c2cc1[C@@H]1CCN(C)C[C@H]1F. The Labute approximate surface area is 140 Å². The van der Waals surface area contributed by atoms with E-state index in [1.54, 1.807) is 10.9 Å². The molecule has 5 nitrogen and oxygen atoms in total. The zero-order valence-electron chi connectivity index (χ0n) is 14.3. The number of alkyl halides is 1. The lowest BCUT2D eigenvalue weighted by atomic mass is 9.85. The Morgan fingerprint density at radius 3 is 2.71 bits per heavy atom. The van der Waals surface area contributed by atoms with Crippen LogP contribution in [-0.4, -0.2) is 50.8 Å². The number of benzene rings is 1. The third-order valence-corrected chi connectivity index (χ3v) is 5.04. The summed E-state index contributed by atoms with van der Waals surface area (Å²) in [6.45, 7) is 3.51. The van der Waals surface area contributed by atoms with E-state index in [9.17, 15) is 4.39 Å². The molecule has 2 aromatic heterocycles. The molecule has 0 spiro atoms. The summed E-state index contributed by atoms with van der Waals surface area (Å²) < 4.78 is 18.3. The minimum atomic E-state index is -0.824. The number of fused-ring (bicyclic) bond motifs is 1. The fraction of sp³-hybridized carbons (Fsp3) is 0.444. The topological polar surface area (TPSA) is 38.9 Å². The van der Waals surface area contributed by atoms with E-state index in [0.717, 1.165) is 40.7 Å². The van der Waals surface area contributed by atoms with Crippen LogP contribution >= 0.6 is 0 Å². The molecule has 1 aromatic carbocycles. The number of aryl methyl sites for hydroxylation is 2. The monoisotopic (exact) mass is 327 g/mol. The lowest BCUT2D eigenvalue weighted by Crippen LogP contribution is -2.38. The minimum absolute atomic E-state index is 0.0390. The fourth-order valence-electron chi connectivity index (χ4n) is 3.73. The maximum absolute atomic E-state index is 14.6. The number of piperidine rings is 1. The molecule has 24 heavy (non-hydrogen) atoms. The summed E-state index contributed by atoms with van der Waals surface area (Å²) in [5, 5.41) is 9.79. The first kappa shape index (κ1) is 15.3. The standard InChI is InChI=1S/C18H22FN5/c1-12-6-13-8-21-24(14-9-20-23(3)10-14)18(13)7-16(12)15-4-5-22(2)11-17(15)19/h6-10,15,17H,4-5,11H2,1-3H3/t15-,17+/m0/s1. The summed E-state index contributed by atoms with van der Waals surface area (Å²) in [6.07, 6.45) is 5.61. The Hall–Kier alpha value is -2.21. The number of hydrogen-bond acceptors (Lipinski definition) is 3. The van der Waals surface area contributed by atoms with E-state index in [0.29, 0.717) is 6.54 Å². The van der Waals surface area contributed by atoms with E-state index in [1.807, 2.05) is 31.2 Å². The first-order chi connectivity index (χ1) is 11.5. The molecule has 4 rings (SSSR count). The average molecular weight is 327 g/mol. The molecule has 1 aliphatic rings. The van der Waals surface area contributed by atoms with E-state index < -0.39 is 6.17 Å². The molecule has 0 radical (unpaired) electrons. The summed E-state index contributed by atoms with van der Waals surface area (Å²) >= 11 is 0. The van der Waals surface area contributed by atoms with Gasteiger partial charge in [0, 0.05) is 24.9 Å². The van der Waals surface area contributed by atoms with Crippen molar-refractivity contribution in [1.82, 2.24) is 24.5 Å². The van der Waals surface area contributed by atoms with Crippen LogP contribution in [0.15, 0.2) is 30.7 Å². The van der Waals surface area contributed by atoms with Gasteiger partial charge >= 0.3 is 0 Å². The smallest absolute Gasteiger partial charge is 0.120 e. The lowest BCUT2D eigenvalue weighted by molar-refractivity contribution is 0.139. The predicted molar refractivity (Wildman–Crippen MR) is 92.3 cm³/mol. The van der Waals surface area contributed by atoms with Crippen LogP contribution in [0.5, 0.6) is 0 Å². The van der Waals surface area contributed by atoms with Crippen LogP contribution in [0.4, 0.5) is 4.39 Å². The predicted octanol–water partition coefficient (Wildman–Crippen LogP) is 2.82. The van der Waals surface area contributed by atoms with Crippen molar-refractivity contribution in [3.8, 4) is 5.69 Å². The van der Waals surface area contributed by atoms with E-state index >= 15 is 0 Å². The minimum Gasteiger partial charge on any atom is -0.303 e. The second-order valence-corrected chi connectivity index (χ2v) is 6.87. The molecule has 2 atom stereocenters. The van der Waals surface area contributed by atoms with Gasteiger partial charge in [-0.25, -0.2) is 9.07 Å². The van der Waals surface area contributed by atoms with Gasteiger partial charge in [-0.15, -0.1) is 0 Å². The van der Waals surface area contributed by atoms with Crippen molar-refractivity contribution in [2.24, 2.45) is 7.05 Å². The van der Waals surface area contributed by atoms with Crippen LogP contribution in [0.3, 0.4) is 0 Å². The Kier molecular flexibility index (Phi) is 3.64. The van der Waals surface area contributed by atoms with Crippen LogP contribution in [-0.2, 0) is 7.05 Å². The van der Waals surface area contributed by atoms with Crippen molar-refractivity contribution in [3.05, 3.63) is 41.9 Å². The van der Waals surface area contributed by atoms with Gasteiger partial charge < -0.3 is 4.90 Å². The third-order valence-electron chi connectivity index (χ3n) is 5.04. The Morgan fingerprint density at radius 1 is 1.17 bits per heavy atom. The number of hydrogen-bond donors (Lipinski definition) is 0. The third kappa shape index (κ3) is 2.51. The molecule has 0 saturated carbocycles. The number of likely N-dealkylation sites (tertiary alicyclic amines) is 1. The van der Waals surface area contributed by atoms with Crippen molar-refractivity contribution in [1.29, 1.82) is 0 Å². The van der Waals surface area contributed by atoms with Crippen molar-refractivity contribution in [2.75, 3.05) is 20.1 Å². The average Bonchev–Trinajstić information content (AvgIpc) is 3.12. The van der Waals surface area contributed by atoms with Gasteiger partial charge in [-0.1, -0.05) is 0 Å². The highest BCUT2D eigenvalue weighted by atomic mass is 19.1. The van der Waals surface area contributed by atoms with Crippen LogP contribution in [0.25, 0.3) is 16.6 Å². The quantitative estimate of drug-likeness (QED) is 0.726. The van der Waals surface area contributed by atoms with Gasteiger partial charge in [-0.3, -0.25) is 4.68 Å². The molecule has 1 saturated heterocycles. The number of aromatic nitrogens is 4. The number of nitrogens with zero attached hydrogens (tertiary/aromatic N) is 5. The normalized spacial score (nSPS) is 22.3. The summed E-state index contributed by atoms with van der Waals surface area (Å²) in [5.41, 5.74) is 4.18. The van der Waals surface area contributed by atoms with E-state index in [1.165, 1.54) is 0 Å². The van der Waals surface area contributed by atoms with Gasteiger partial charge in [0.1, 0.15) is 11.9 Å². The highest BCUT2D eigenvalue weighted by Gasteiger charge is 2.30. The van der Waals surface area contributed by atoms with Crippen molar-refractivity contribution < 1.29 is 4.39 Å². The molecular formula is C18H22FN5. The van der Waals surface area contributed by atoms with Crippen LogP contribution in [0.1, 0.15) is 23.5 Å². The molecule has 126 valence electrons. The van der Waals surface area contributed by atoms with Crippen LogP contribution < -0.4 is 0 Å². The fourth-order valence-corrected chi connectivity index (χ4v) is 3.73. The van der Waals surface area contributed by atoms with Gasteiger partial charge in [0.05, 0.1) is 24.1 Å². The Balaban J connectivity index is 1.80. The molecule has 3 aromatic rings. The van der Waals surface area contributed by atoms with E-state index in [2.05, 4.69) is 34.2 Å². The summed E-state index contributed by atoms with van der Waals surface area (Å²) in [5.74, 6) is -0.0390. The van der Waals surface area contributed by atoms with Gasteiger partial charge in [-0.2, -0.15) is 10.2 Å². The highest BCUT2D eigenvalue weighted by Crippen LogP contribution is 2.34. The Morgan fingerprint density at radius 2 is 2.00 bits per heavy atom. The molecule has 0 N–H and O–H groups in total. The van der Waals surface area contributed by atoms with E-state index in [-0.39, 0.29) is 5.92 Å². The molecular weight excluding hydrogens is 305 g/mol. The highest BCUT2D eigenvalue weighted by molar-refractivity contribution is 5.82. The molecule has 0 unspecified atom stereocenters. The molecule has 0 amide bonds. The maximum atomic E-state index is 14.6.